The minimum absolute atomic E-state index is 0.728. The molecule has 0 atom stereocenters. The van der Waals surface area contributed by atoms with Crippen LogP contribution < -0.4 is 16.2 Å². The standard InChI is InChI=1S/C11H14N4S/c1-15(2)9-5-3-8(4-6-9)10-7-16-11(13-10)14-12/h3-7H,12H2,1-2H3,(H,13,14). The maximum Gasteiger partial charge on any atom is 0.197 e. The van der Waals surface area contributed by atoms with Gasteiger partial charge in [-0.3, -0.25) is 5.43 Å². The first-order valence-corrected chi connectivity index (χ1v) is 5.78. The van der Waals surface area contributed by atoms with Crippen molar-refractivity contribution in [1.82, 2.24) is 4.98 Å². The Bertz CT molecular complexity index is 461. The number of hydrogen-bond donors (Lipinski definition) is 2. The van der Waals surface area contributed by atoms with Crippen LogP contribution in [0, 0.1) is 0 Å². The third-order valence-corrected chi connectivity index (χ3v) is 3.08. The van der Waals surface area contributed by atoms with Gasteiger partial charge in [-0.15, -0.1) is 11.3 Å². The first-order valence-electron chi connectivity index (χ1n) is 4.90. The van der Waals surface area contributed by atoms with Gasteiger partial charge in [0, 0.05) is 30.7 Å². The Hall–Kier alpha value is -1.59. The summed E-state index contributed by atoms with van der Waals surface area (Å²) in [5.74, 6) is 5.30. The average molecular weight is 234 g/mol. The van der Waals surface area contributed by atoms with Crippen LogP contribution >= 0.6 is 11.3 Å². The van der Waals surface area contributed by atoms with Gasteiger partial charge in [0.2, 0.25) is 0 Å². The van der Waals surface area contributed by atoms with E-state index in [4.69, 9.17) is 5.84 Å². The molecule has 2 aromatic rings. The van der Waals surface area contributed by atoms with Gasteiger partial charge >= 0.3 is 0 Å². The Morgan fingerprint density at radius 2 is 1.94 bits per heavy atom. The molecule has 16 heavy (non-hydrogen) atoms. The third-order valence-electron chi connectivity index (χ3n) is 2.31. The van der Waals surface area contributed by atoms with Crippen LogP contribution in [0.4, 0.5) is 10.8 Å². The molecule has 1 aromatic carbocycles. The van der Waals surface area contributed by atoms with Crippen LogP contribution in [0.2, 0.25) is 0 Å². The Morgan fingerprint density at radius 1 is 1.25 bits per heavy atom. The summed E-state index contributed by atoms with van der Waals surface area (Å²) in [7, 11) is 4.04. The molecule has 0 bridgehead atoms. The van der Waals surface area contributed by atoms with E-state index in [1.54, 1.807) is 0 Å². The van der Waals surface area contributed by atoms with E-state index < -0.39 is 0 Å². The summed E-state index contributed by atoms with van der Waals surface area (Å²) in [5, 5.41) is 2.71. The van der Waals surface area contributed by atoms with E-state index in [1.807, 2.05) is 19.5 Å². The molecule has 3 N–H and O–H groups in total. The van der Waals surface area contributed by atoms with E-state index in [-0.39, 0.29) is 0 Å². The molecular weight excluding hydrogens is 220 g/mol. The van der Waals surface area contributed by atoms with Gasteiger partial charge in [0.05, 0.1) is 5.69 Å². The number of aromatic nitrogens is 1. The zero-order valence-electron chi connectivity index (χ0n) is 9.27. The molecule has 0 unspecified atom stereocenters. The topological polar surface area (TPSA) is 54.2 Å². The Balaban J connectivity index is 2.27. The van der Waals surface area contributed by atoms with Gasteiger partial charge in [0.1, 0.15) is 0 Å². The van der Waals surface area contributed by atoms with Gasteiger partial charge in [-0.05, 0) is 12.1 Å². The largest absolute Gasteiger partial charge is 0.378 e. The van der Waals surface area contributed by atoms with Crippen LogP contribution in [0.15, 0.2) is 29.6 Å². The lowest BCUT2D eigenvalue weighted by atomic mass is 10.1. The number of rotatable bonds is 3. The lowest BCUT2D eigenvalue weighted by Gasteiger charge is -2.12. The highest BCUT2D eigenvalue weighted by Gasteiger charge is 2.03. The lowest BCUT2D eigenvalue weighted by Crippen LogP contribution is -2.08. The molecule has 0 aliphatic rings. The van der Waals surface area contributed by atoms with Gasteiger partial charge in [0.15, 0.2) is 5.13 Å². The second kappa shape index (κ2) is 4.51. The number of thiazole rings is 1. The van der Waals surface area contributed by atoms with Crippen molar-refractivity contribution in [3.63, 3.8) is 0 Å². The van der Waals surface area contributed by atoms with Crippen LogP contribution in [0.5, 0.6) is 0 Å². The maximum absolute atomic E-state index is 5.30. The van der Waals surface area contributed by atoms with Crippen molar-refractivity contribution < 1.29 is 0 Å². The zero-order chi connectivity index (χ0) is 11.5. The number of hydrogen-bond acceptors (Lipinski definition) is 5. The number of nitrogens with zero attached hydrogens (tertiary/aromatic N) is 2. The number of anilines is 2. The Morgan fingerprint density at radius 3 is 2.44 bits per heavy atom. The van der Waals surface area contributed by atoms with Crippen LogP contribution in [0.1, 0.15) is 0 Å². The molecule has 0 aliphatic heterocycles. The van der Waals surface area contributed by atoms with Crippen LogP contribution in [-0.2, 0) is 0 Å². The molecule has 1 aromatic heterocycles. The normalized spacial score (nSPS) is 10.2. The summed E-state index contributed by atoms with van der Waals surface area (Å²) in [6, 6.07) is 8.27. The van der Waals surface area contributed by atoms with Crippen molar-refractivity contribution in [2.75, 3.05) is 24.4 Å². The van der Waals surface area contributed by atoms with E-state index >= 15 is 0 Å². The molecule has 2 rings (SSSR count). The predicted octanol–water partition coefficient (Wildman–Crippen LogP) is 2.16. The summed E-state index contributed by atoms with van der Waals surface area (Å²) < 4.78 is 0. The molecule has 0 radical (unpaired) electrons. The summed E-state index contributed by atoms with van der Waals surface area (Å²) in [5.41, 5.74) is 5.77. The fourth-order valence-corrected chi connectivity index (χ4v) is 2.03. The molecule has 0 saturated heterocycles. The van der Waals surface area contributed by atoms with Crippen LogP contribution in [0.3, 0.4) is 0 Å². The molecule has 4 nitrogen and oxygen atoms in total. The summed E-state index contributed by atoms with van der Waals surface area (Å²) in [6.07, 6.45) is 0. The van der Waals surface area contributed by atoms with Gasteiger partial charge < -0.3 is 4.90 Å². The fourth-order valence-electron chi connectivity index (χ4n) is 1.40. The fraction of sp³-hybridized carbons (Fsp3) is 0.182. The molecule has 0 aliphatic carbocycles. The third kappa shape index (κ3) is 2.15. The predicted molar refractivity (Wildman–Crippen MR) is 69.7 cm³/mol. The number of benzene rings is 1. The Kier molecular flexibility index (Phi) is 3.07. The smallest absolute Gasteiger partial charge is 0.197 e. The zero-order valence-corrected chi connectivity index (χ0v) is 10.1. The number of nitrogens with one attached hydrogen (secondary N) is 1. The van der Waals surface area contributed by atoms with E-state index in [2.05, 4.69) is 39.6 Å². The van der Waals surface area contributed by atoms with E-state index in [0.717, 1.165) is 16.4 Å². The average Bonchev–Trinajstić information content (AvgIpc) is 2.77. The van der Waals surface area contributed by atoms with E-state index in [9.17, 15) is 0 Å². The molecule has 0 saturated carbocycles. The molecular formula is C11H14N4S. The molecule has 0 amide bonds. The Labute approximate surface area is 98.7 Å². The van der Waals surface area contributed by atoms with Crippen molar-refractivity contribution in [3.05, 3.63) is 29.6 Å². The van der Waals surface area contributed by atoms with Crippen molar-refractivity contribution in [1.29, 1.82) is 0 Å². The maximum atomic E-state index is 5.30. The van der Waals surface area contributed by atoms with Crippen molar-refractivity contribution in [3.8, 4) is 11.3 Å². The number of nitrogen functional groups attached to an aromatic ring is 1. The monoisotopic (exact) mass is 234 g/mol. The second-order valence-electron chi connectivity index (χ2n) is 3.62. The highest BCUT2D eigenvalue weighted by molar-refractivity contribution is 7.14. The van der Waals surface area contributed by atoms with Crippen LogP contribution in [0.25, 0.3) is 11.3 Å². The molecule has 84 valence electrons. The highest BCUT2D eigenvalue weighted by Crippen LogP contribution is 2.25. The van der Waals surface area contributed by atoms with Crippen molar-refractivity contribution >= 4 is 22.2 Å². The van der Waals surface area contributed by atoms with Gasteiger partial charge in [0.25, 0.3) is 0 Å². The molecule has 0 fully saturated rings. The van der Waals surface area contributed by atoms with E-state index in [1.165, 1.54) is 17.0 Å². The SMILES string of the molecule is CN(C)c1ccc(-c2csc(NN)n2)cc1. The first-order chi connectivity index (χ1) is 7.70. The number of hydrazine groups is 1. The quantitative estimate of drug-likeness (QED) is 0.631. The number of nitrogens with two attached hydrogens (primary N) is 1. The summed E-state index contributed by atoms with van der Waals surface area (Å²) >= 11 is 1.50. The molecule has 5 heteroatoms. The van der Waals surface area contributed by atoms with Gasteiger partial charge in [-0.2, -0.15) is 0 Å². The van der Waals surface area contributed by atoms with Gasteiger partial charge in [-0.25, -0.2) is 10.8 Å². The summed E-state index contributed by atoms with van der Waals surface area (Å²) in [4.78, 5) is 6.41. The second-order valence-corrected chi connectivity index (χ2v) is 4.48. The van der Waals surface area contributed by atoms with Crippen molar-refractivity contribution in [2.45, 2.75) is 0 Å². The van der Waals surface area contributed by atoms with Gasteiger partial charge in [-0.1, -0.05) is 12.1 Å². The lowest BCUT2D eigenvalue weighted by molar-refractivity contribution is 1.13. The highest BCUT2D eigenvalue weighted by atomic mass is 32.1. The van der Waals surface area contributed by atoms with E-state index in [0.29, 0.717) is 0 Å². The first kappa shape index (κ1) is 10.9. The van der Waals surface area contributed by atoms with Crippen LogP contribution in [-0.4, -0.2) is 19.1 Å². The van der Waals surface area contributed by atoms with Crippen molar-refractivity contribution in [2.24, 2.45) is 5.84 Å². The molecule has 1 heterocycles. The minimum atomic E-state index is 0.728. The summed E-state index contributed by atoms with van der Waals surface area (Å²) in [6.45, 7) is 0. The minimum Gasteiger partial charge on any atom is -0.378 e. The molecule has 0 spiro atoms.